The van der Waals surface area contributed by atoms with Crippen LogP contribution in [0.2, 0.25) is 0 Å². The van der Waals surface area contributed by atoms with Gasteiger partial charge in [0.05, 0.1) is 4.92 Å². The van der Waals surface area contributed by atoms with Crippen LogP contribution < -0.4 is 5.32 Å². The van der Waals surface area contributed by atoms with Gasteiger partial charge in [-0.25, -0.2) is 0 Å². The lowest BCUT2D eigenvalue weighted by Gasteiger charge is -2.13. The first-order valence-electron chi connectivity index (χ1n) is 6.08. The lowest BCUT2D eigenvalue weighted by molar-refractivity contribution is -0.384. The molecule has 0 radical (unpaired) electrons. The van der Waals surface area contributed by atoms with Crippen molar-refractivity contribution in [1.82, 2.24) is 5.32 Å². The highest BCUT2D eigenvalue weighted by Gasteiger charge is 2.09. The third-order valence-corrected chi connectivity index (χ3v) is 4.16. The van der Waals surface area contributed by atoms with E-state index in [0.717, 1.165) is 12.1 Å². The van der Waals surface area contributed by atoms with Gasteiger partial charge in [0.1, 0.15) is 0 Å². The fraction of sp³-hybridized carbons (Fsp3) is 0.286. The summed E-state index contributed by atoms with van der Waals surface area (Å²) in [6, 6.07) is 8.97. The largest absolute Gasteiger partial charge is 0.305 e. The van der Waals surface area contributed by atoms with Crippen LogP contribution in [0.15, 0.2) is 35.7 Å². The van der Waals surface area contributed by atoms with Crippen LogP contribution in [0.3, 0.4) is 0 Å². The molecule has 2 aromatic rings. The highest BCUT2D eigenvalue weighted by molar-refractivity contribution is 7.10. The molecule has 5 heteroatoms. The van der Waals surface area contributed by atoms with E-state index < -0.39 is 0 Å². The molecule has 0 bridgehead atoms. The Balaban J connectivity index is 1.98. The van der Waals surface area contributed by atoms with Crippen molar-refractivity contribution in [1.29, 1.82) is 0 Å². The van der Waals surface area contributed by atoms with Crippen LogP contribution >= 0.6 is 11.3 Å². The molecule has 2 rings (SSSR count). The second kappa shape index (κ2) is 5.95. The number of hydrogen-bond acceptors (Lipinski definition) is 4. The summed E-state index contributed by atoms with van der Waals surface area (Å²) in [4.78, 5) is 11.5. The number of rotatable bonds is 5. The van der Waals surface area contributed by atoms with Gasteiger partial charge in [-0.15, -0.1) is 11.3 Å². The van der Waals surface area contributed by atoms with Crippen LogP contribution in [-0.2, 0) is 6.54 Å². The SMILES string of the molecule is Cc1ccsc1CNC(C)c1ccc([N+](=O)[O-])cc1. The zero-order chi connectivity index (χ0) is 13.8. The van der Waals surface area contributed by atoms with Gasteiger partial charge in [0.25, 0.3) is 5.69 Å². The predicted octanol–water partition coefficient (Wildman–Crippen LogP) is 3.82. The Hall–Kier alpha value is -1.72. The number of hydrogen-bond donors (Lipinski definition) is 1. The average molecular weight is 276 g/mol. The summed E-state index contributed by atoms with van der Waals surface area (Å²) < 4.78 is 0. The lowest BCUT2D eigenvalue weighted by atomic mass is 10.1. The Morgan fingerprint density at radius 1 is 1.32 bits per heavy atom. The second-order valence-corrected chi connectivity index (χ2v) is 5.48. The summed E-state index contributed by atoms with van der Waals surface area (Å²) in [5.41, 5.74) is 2.48. The van der Waals surface area contributed by atoms with Gasteiger partial charge >= 0.3 is 0 Å². The fourth-order valence-electron chi connectivity index (χ4n) is 1.83. The van der Waals surface area contributed by atoms with Gasteiger partial charge in [-0.3, -0.25) is 10.1 Å². The average Bonchev–Trinajstić information content (AvgIpc) is 2.81. The molecule has 19 heavy (non-hydrogen) atoms. The van der Waals surface area contributed by atoms with Crippen LogP contribution in [-0.4, -0.2) is 4.92 Å². The maximum Gasteiger partial charge on any atom is 0.269 e. The molecule has 4 nitrogen and oxygen atoms in total. The second-order valence-electron chi connectivity index (χ2n) is 4.48. The molecule has 0 aliphatic carbocycles. The molecule has 0 amide bonds. The van der Waals surface area contributed by atoms with Crippen LogP contribution in [0.4, 0.5) is 5.69 Å². The third kappa shape index (κ3) is 3.39. The number of aryl methyl sites for hydroxylation is 1. The maximum atomic E-state index is 10.6. The van der Waals surface area contributed by atoms with E-state index in [9.17, 15) is 10.1 Å². The van der Waals surface area contributed by atoms with Gasteiger partial charge in [0, 0.05) is 29.6 Å². The molecule has 0 saturated carbocycles. The van der Waals surface area contributed by atoms with E-state index in [-0.39, 0.29) is 16.7 Å². The van der Waals surface area contributed by atoms with Crippen molar-refractivity contribution >= 4 is 17.0 Å². The Morgan fingerprint density at radius 3 is 2.53 bits per heavy atom. The summed E-state index contributed by atoms with van der Waals surface area (Å²) in [6.45, 7) is 4.98. The number of benzene rings is 1. The predicted molar refractivity (Wildman–Crippen MR) is 77.4 cm³/mol. The van der Waals surface area contributed by atoms with Crippen LogP contribution in [0, 0.1) is 17.0 Å². The fourth-order valence-corrected chi connectivity index (χ4v) is 2.69. The van der Waals surface area contributed by atoms with Gasteiger partial charge < -0.3 is 5.32 Å². The minimum Gasteiger partial charge on any atom is -0.305 e. The molecule has 1 heterocycles. The molecule has 0 saturated heterocycles. The summed E-state index contributed by atoms with van der Waals surface area (Å²) in [5, 5.41) is 16.1. The summed E-state index contributed by atoms with van der Waals surface area (Å²) >= 11 is 1.74. The topological polar surface area (TPSA) is 55.2 Å². The Labute approximate surface area is 116 Å². The summed E-state index contributed by atoms with van der Waals surface area (Å²) in [5.74, 6) is 0. The molecule has 100 valence electrons. The van der Waals surface area contributed by atoms with E-state index in [2.05, 4.69) is 30.6 Å². The molecule has 1 aromatic heterocycles. The van der Waals surface area contributed by atoms with Gasteiger partial charge in [0.15, 0.2) is 0 Å². The maximum absolute atomic E-state index is 10.6. The number of nitrogens with one attached hydrogen (secondary N) is 1. The smallest absolute Gasteiger partial charge is 0.269 e. The van der Waals surface area contributed by atoms with Gasteiger partial charge in [-0.05, 0) is 36.4 Å². The molecule has 0 aliphatic heterocycles. The molecular formula is C14H16N2O2S. The molecule has 1 aromatic carbocycles. The number of thiophene rings is 1. The van der Waals surface area contributed by atoms with Crippen molar-refractivity contribution in [2.45, 2.75) is 26.4 Å². The number of nitro groups is 1. The molecule has 1 atom stereocenters. The lowest BCUT2D eigenvalue weighted by Crippen LogP contribution is -2.17. The van der Waals surface area contributed by atoms with Crippen LogP contribution in [0.25, 0.3) is 0 Å². The Morgan fingerprint density at radius 2 is 2.00 bits per heavy atom. The zero-order valence-electron chi connectivity index (χ0n) is 10.9. The number of nitro benzene ring substituents is 1. The summed E-state index contributed by atoms with van der Waals surface area (Å²) in [7, 11) is 0. The van der Waals surface area contributed by atoms with Crippen molar-refractivity contribution in [3.05, 3.63) is 61.8 Å². The summed E-state index contributed by atoms with van der Waals surface area (Å²) in [6.07, 6.45) is 0. The molecule has 0 fully saturated rings. The van der Waals surface area contributed by atoms with Crippen molar-refractivity contribution in [2.24, 2.45) is 0 Å². The number of non-ortho nitro benzene ring substituents is 1. The van der Waals surface area contributed by atoms with E-state index in [0.29, 0.717) is 0 Å². The Bertz CT molecular complexity index is 563. The molecule has 1 N–H and O–H groups in total. The van der Waals surface area contributed by atoms with Gasteiger partial charge in [-0.1, -0.05) is 12.1 Å². The zero-order valence-corrected chi connectivity index (χ0v) is 11.7. The van der Waals surface area contributed by atoms with E-state index in [4.69, 9.17) is 0 Å². The standard InChI is InChI=1S/C14H16N2O2S/c1-10-7-8-19-14(10)9-15-11(2)12-3-5-13(6-4-12)16(17)18/h3-8,11,15H,9H2,1-2H3. The number of nitrogens with zero attached hydrogens (tertiary/aromatic N) is 1. The molecule has 1 unspecified atom stereocenters. The quantitative estimate of drug-likeness (QED) is 0.667. The van der Waals surface area contributed by atoms with E-state index in [1.165, 1.54) is 10.4 Å². The third-order valence-electron chi connectivity index (χ3n) is 3.14. The first-order chi connectivity index (χ1) is 9.08. The monoisotopic (exact) mass is 276 g/mol. The van der Waals surface area contributed by atoms with Crippen molar-refractivity contribution in [3.63, 3.8) is 0 Å². The molecule has 0 spiro atoms. The van der Waals surface area contributed by atoms with E-state index in [1.807, 2.05) is 0 Å². The Kier molecular flexibility index (Phi) is 4.29. The molecular weight excluding hydrogens is 260 g/mol. The van der Waals surface area contributed by atoms with Gasteiger partial charge in [0.2, 0.25) is 0 Å². The normalized spacial score (nSPS) is 12.3. The van der Waals surface area contributed by atoms with E-state index >= 15 is 0 Å². The van der Waals surface area contributed by atoms with E-state index in [1.54, 1.807) is 35.6 Å². The minimum atomic E-state index is -0.378. The molecule has 0 aliphatic rings. The van der Waals surface area contributed by atoms with Crippen molar-refractivity contribution < 1.29 is 4.92 Å². The highest BCUT2D eigenvalue weighted by atomic mass is 32.1. The van der Waals surface area contributed by atoms with Crippen molar-refractivity contribution in [2.75, 3.05) is 0 Å². The van der Waals surface area contributed by atoms with Crippen LogP contribution in [0.5, 0.6) is 0 Å². The van der Waals surface area contributed by atoms with Gasteiger partial charge in [-0.2, -0.15) is 0 Å². The minimum absolute atomic E-state index is 0.130. The van der Waals surface area contributed by atoms with Crippen LogP contribution in [0.1, 0.15) is 29.0 Å². The van der Waals surface area contributed by atoms with Crippen molar-refractivity contribution in [3.8, 4) is 0 Å². The first-order valence-corrected chi connectivity index (χ1v) is 6.96. The first kappa shape index (κ1) is 13.7. The highest BCUT2D eigenvalue weighted by Crippen LogP contribution is 2.20.